The summed E-state index contributed by atoms with van der Waals surface area (Å²) in [6.45, 7) is 6.24. The standard InChI is InChI=1S/C19H23N3O3/c1-4-13(3)21-16-10-11-20-17(12-16)18(23)22-15-8-6-14(7-9-15)19(24)25-5-2/h6-13H,4-5H2,1-3H3,(H,20,21)(H,22,23). The van der Waals surface area contributed by atoms with Gasteiger partial charge in [-0.2, -0.15) is 0 Å². The van der Waals surface area contributed by atoms with Crippen LogP contribution >= 0.6 is 0 Å². The van der Waals surface area contributed by atoms with Crippen LogP contribution in [0.5, 0.6) is 0 Å². The first-order chi connectivity index (χ1) is 12.0. The van der Waals surface area contributed by atoms with Crippen molar-refractivity contribution in [3.63, 3.8) is 0 Å². The van der Waals surface area contributed by atoms with Gasteiger partial charge in [0.15, 0.2) is 0 Å². The number of nitrogens with zero attached hydrogens (tertiary/aromatic N) is 1. The summed E-state index contributed by atoms with van der Waals surface area (Å²) in [5, 5.41) is 6.08. The van der Waals surface area contributed by atoms with Gasteiger partial charge < -0.3 is 15.4 Å². The number of ether oxygens (including phenoxy) is 1. The highest BCUT2D eigenvalue weighted by atomic mass is 16.5. The minimum absolute atomic E-state index is 0.309. The van der Waals surface area contributed by atoms with Crippen LogP contribution in [0.3, 0.4) is 0 Å². The molecule has 0 aliphatic rings. The van der Waals surface area contributed by atoms with Gasteiger partial charge in [-0.15, -0.1) is 0 Å². The maximum absolute atomic E-state index is 12.3. The van der Waals surface area contributed by atoms with Crippen LogP contribution in [0.25, 0.3) is 0 Å². The van der Waals surface area contributed by atoms with E-state index in [9.17, 15) is 9.59 Å². The molecule has 1 amide bonds. The Morgan fingerprint density at radius 3 is 2.48 bits per heavy atom. The van der Waals surface area contributed by atoms with Crippen molar-refractivity contribution >= 4 is 23.3 Å². The van der Waals surface area contributed by atoms with Crippen LogP contribution in [0, 0.1) is 0 Å². The van der Waals surface area contributed by atoms with Crippen LogP contribution in [0.4, 0.5) is 11.4 Å². The third kappa shape index (κ3) is 5.31. The summed E-state index contributed by atoms with van der Waals surface area (Å²) < 4.78 is 4.93. The third-order valence-corrected chi connectivity index (χ3v) is 3.67. The number of carbonyl (C=O) groups excluding carboxylic acids is 2. The van der Waals surface area contributed by atoms with E-state index in [1.807, 2.05) is 6.07 Å². The number of hydrogen-bond acceptors (Lipinski definition) is 5. The van der Waals surface area contributed by atoms with Gasteiger partial charge in [-0.1, -0.05) is 6.92 Å². The highest BCUT2D eigenvalue weighted by Gasteiger charge is 2.11. The maximum atomic E-state index is 12.3. The van der Waals surface area contributed by atoms with Gasteiger partial charge in [0, 0.05) is 23.6 Å². The molecule has 1 heterocycles. The van der Waals surface area contributed by atoms with Crippen molar-refractivity contribution in [3.8, 4) is 0 Å². The zero-order valence-electron chi connectivity index (χ0n) is 14.7. The van der Waals surface area contributed by atoms with Crippen LogP contribution in [-0.2, 0) is 4.74 Å². The molecule has 2 rings (SSSR count). The SMILES string of the molecule is CCOC(=O)c1ccc(NC(=O)c2cc(NC(C)CC)ccn2)cc1. The molecule has 0 fully saturated rings. The molecule has 132 valence electrons. The fourth-order valence-corrected chi connectivity index (χ4v) is 2.13. The van der Waals surface area contributed by atoms with E-state index < -0.39 is 0 Å². The van der Waals surface area contributed by atoms with Crippen molar-refractivity contribution in [2.75, 3.05) is 17.2 Å². The van der Waals surface area contributed by atoms with Crippen molar-refractivity contribution in [1.82, 2.24) is 4.98 Å². The number of carbonyl (C=O) groups is 2. The van der Waals surface area contributed by atoms with Crippen LogP contribution in [0.15, 0.2) is 42.6 Å². The molecule has 0 saturated carbocycles. The van der Waals surface area contributed by atoms with Crippen LogP contribution in [0.1, 0.15) is 48.0 Å². The second-order valence-corrected chi connectivity index (χ2v) is 5.64. The first-order valence-electron chi connectivity index (χ1n) is 8.34. The predicted molar refractivity (Wildman–Crippen MR) is 98.0 cm³/mol. The van der Waals surface area contributed by atoms with E-state index in [0.29, 0.717) is 29.6 Å². The van der Waals surface area contributed by atoms with Crippen molar-refractivity contribution in [1.29, 1.82) is 0 Å². The first kappa shape index (κ1) is 18.4. The zero-order chi connectivity index (χ0) is 18.2. The Hall–Kier alpha value is -2.89. The second kappa shape index (κ2) is 8.82. The van der Waals surface area contributed by atoms with Gasteiger partial charge >= 0.3 is 5.97 Å². The molecule has 1 aromatic carbocycles. The minimum Gasteiger partial charge on any atom is -0.462 e. The number of nitrogens with one attached hydrogen (secondary N) is 2. The molecule has 1 atom stereocenters. The van der Waals surface area contributed by atoms with Gasteiger partial charge in [0.25, 0.3) is 5.91 Å². The minimum atomic E-state index is -0.383. The highest BCUT2D eigenvalue weighted by Crippen LogP contribution is 2.14. The molecule has 0 spiro atoms. The van der Waals surface area contributed by atoms with E-state index in [-0.39, 0.29) is 11.9 Å². The molecular weight excluding hydrogens is 318 g/mol. The molecule has 0 saturated heterocycles. The Morgan fingerprint density at radius 2 is 1.84 bits per heavy atom. The lowest BCUT2D eigenvalue weighted by molar-refractivity contribution is 0.0526. The summed E-state index contributed by atoms with van der Waals surface area (Å²) in [5.41, 5.74) is 2.20. The van der Waals surface area contributed by atoms with E-state index in [1.54, 1.807) is 43.5 Å². The molecule has 6 nitrogen and oxygen atoms in total. The van der Waals surface area contributed by atoms with E-state index in [4.69, 9.17) is 4.74 Å². The number of anilines is 2. The number of rotatable bonds is 7. The molecule has 0 aliphatic heterocycles. The lowest BCUT2D eigenvalue weighted by Crippen LogP contribution is -2.16. The van der Waals surface area contributed by atoms with Gasteiger partial charge in [-0.05, 0) is 56.7 Å². The van der Waals surface area contributed by atoms with Gasteiger partial charge in [0.2, 0.25) is 0 Å². The summed E-state index contributed by atoms with van der Waals surface area (Å²) in [6.07, 6.45) is 2.58. The van der Waals surface area contributed by atoms with Gasteiger partial charge in [0.05, 0.1) is 12.2 Å². The largest absolute Gasteiger partial charge is 0.462 e. The maximum Gasteiger partial charge on any atom is 0.338 e. The molecule has 0 bridgehead atoms. The zero-order valence-corrected chi connectivity index (χ0v) is 14.7. The quantitative estimate of drug-likeness (QED) is 0.750. The van der Waals surface area contributed by atoms with Crippen LogP contribution < -0.4 is 10.6 Å². The Labute approximate surface area is 147 Å². The Balaban J connectivity index is 2.04. The topological polar surface area (TPSA) is 80.3 Å². The van der Waals surface area contributed by atoms with E-state index in [1.165, 1.54) is 0 Å². The van der Waals surface area contributed by atoms with E-state index in [2.05, 4.69) is 29.5 Å². The monoisotopic (exact) mass is 341 g/mol. The molecule has 1 aromatic heterocycles. The van der Waals surface area contributed by atoms with Crippen molar-refractivity contribution in [2.24, 2.45) is 0 Å². The van der Waals surface area contributed by atoms with Crippen molar-refractivity contribution in [2.45, 2.75) is 33.2 Å². The molecule has 0 radical (unpaired) electrons. The van der Waals surface area contributed by atoms with Gasteiger partial charge in [-0.3, -0.25) is 9.78 Å². The normalized spacial score (nSPS) is 11.5. The predicted octanol–water partition coefficient (Wildman–Crippen LogP) is 3.72. The number of aromatic nitrogens is 1. The molecule has 25 heavy (non-hydrogen) atoms. The molecule has 2 aromatic rings. The fraction of sp³-hybridized carbons (Fsp3) is 0.316. The number of benzene rings is 1. The second-order valence-electron chi connectivity index (χ2n) is 5.64. The van der Waals surface area contributed by atoms with Crippen molar-refractivity contribution in [3.05, 3.63) is 53.9 Å². The molecule has 2 N–H and O–H groups in total. The Kier molecular flexibility index (Phi) is 6.51. The number of amides is 1. The molecule has 1 unspecified atom stereocenters. The van der Waals surface area contributed by atoms with Crippen LogP contribution in [-0.4, -0.2) is 29.5 Å². The van der Waals surface area contributed by atoms with Crippen molar-refractivity contribution < 1.29 is 14.3 Å². The van der Waals surface area contributed by atoms with E-state index in [0.717, 1.165) is 12.1 Å². The summed E-state index contributed by atoms with van der Waals surface area (Å²) in [5.74, 6) is -0.692. The fourth-order valence-electron chi connectivity index (χ4n) is 2.13. The first-order valence-corrected chi connectivity index (χ1v) is 8.34. The number of pyridine rings is 1. The molecule has 0 aliphatic carbocycles. The summed E-state index contributed by atoms with van der Waals surface area (Å²) in [4.78, 5) is 28.1. The van der Waals surface area contributed by atoms with Gasteiger partial charge in [0.1, 0.15) is 5.69 Å². The van der Waals surface area contributed by atoms with Crippen LogP contribution in [0.2, 0.25) is 0 Å². The number of esters is 1. The van der Waals surface area contributed by atoms with Gasteiger partial charge in [-0.25, -0.2) is 4.79 Å². The highest BCUT2D eigenvalue weighted by molar-refractivity contribution is 6.03. The Bertz CT molecular complexity index is 729. The van der Waals surface area contributed by atoms with E-state index >= 15 is 0 Å². The lowest BCUT2D eigenvalue weighted by atomic mass is 10.2. The summed E-state index contributed by atoms with van der Waals surface area (Å²) in [6, 6.07) is 10.4. The summed E-state index contributed by atoms with van der Waals surface area (Å²) >= 11 is 0. The smallest absolute Gasteiger partial charge is 0.338 e. The average Bonchev–Trinajstić information content (AvgIpc) is 2.62. The lowest BCUT2D eigenvalue weighted by Gasteiger charge is -2.13. The Morgan fingerprint density at radius 1 is 1.12 bits per heavy atom. The molecular formula is C19H23N3O3. The summed E-state index contributed by atoms with van der Waals surface area (Å²) in [7, 11) is 0. The average molecular weight is 341 g/mol. The third-order valence-electron chi connectivity index (χ3n) is 3.67. The number of hydrogen-bond donors (Lipinski definition) is 2. The molecule has 6 heteroatoms.